The molecule has 2 rings (SSSR count). The van der Waals surface area contributed by atoms with Gasteiger partial charge >= 0.3 is 0 Å². The molecule has 0 heterocycles. The molecule has 0 aliphatic heterocycles. The van der Waals surface area contributed by atoms with E-state index in [4.69, 9.17) is 16.3 Å². The molecule has 110 valence electrons. The average Bonchev–Trinajstić information content (AvgIpc) is 2.48. The van der Waals surface area contributed by atoms with E-state index in [-0.39, 0.29) is 5.91 Å². The second-order valence-corrected chi connectivity index (χ2v) is 5.16. The van der Waals surface area contributed by atoms with Crippen LogP contribution in [0.3, 0.4) is 0 Å². The first-order valence-corrected chi connectivity index (χ1v) is 7.32. The number of nitrogens with one attached hydrogen (secondary N) is 1. The first-order valence-electron chi connectivity index (χ1n) is 6.94. The maximum Gasteiger partial charge on any atom is 0.228 e. The van der Waals surface area contributed by atoms with E-state index < -0.39 is 0 Å². The molecule has 21 heavy (non-hydrogen) atoms. The van der Waals surface area contributed by atoms with Crippen molar-refractivity contribution in [2.45, 2.75) is 19.8 Å². The number of hydrogen-bond acceptors (Lipinski definition) is 2. The Labute approximate surface area is 129 Å². The van der Waals surface area contributed by atoms with Crippen molar-refractivity contribution in [1.29, 1.82) is 0 Å². The van der Waals surface area contributed by atoms with Crippen LogP contribution in [0, 0.1) is 0 Å². The van der Waals surface area contributed by atoms with Crippen LogP contribution in [0.4, 0.5) is 5.69 Å². The second-order valence-electron chi connectivity index (χ2n) is 4.73. The summed E-state index contributed by atoms with van der Waals surface area (Å²) in [6, 6.07) is 14.7. The van der Waals surface area contributed by atoms with E-state index in [9.17, 15) is 4.79 Å². The Morgan fingerprint density at radius 3 is 2.67 bits per heavy atom. The lowest BCUT2D eigenvalue weighted by molar-refractivity contribution is -0.115. The van der Waals surface area contributed by atoms with Gasteiger partial charge in [0.1, 0.15) is 5.75 Å². The van der Waals surface area contributed by atoms with Gasteiger partial charge in [0.2, 0.25) is 5.91 Å². The summed E-state index contributed by atoms with van der Waals surface area (Å²) in [5.74, 6) is 0.700. The molecule has 0 bridgehead atoms. The van der Waals surface area contributed by atoms with Crippen molar-refractivity contribution in [2.75, 3.05) is 11.9 Å². The summed E-state index contributed by atoms with van der Waals surface area (Å²) < 4.78 is 5.54. The van der Waals surface area contributed by atoms with E-state index in [2.05, 4.69) is 12.2 Å². The lowest BCUT2D eigenvalue weighted by Crippen LogP contribution is -2.14. The minimum absolute atomic E-state index is 0.0648. The van der Waals surface area contributed by atoms with Crippen molar-refractivity contribution in [1.82, 2.24) is 0 Å². The monoisotopic (exact) mass is 303 g/mol. The molecular weight excluding hydrogens is 286 g/mol. The Morgan fingerprint density at radius 1 is 1.19 bits per heavy atom. The molecule has 0 unspecified atom stereocenters. The molecule has 1 amide bonds. The van der Waals surface area contributed by atoms with Gasteiger partial charge in [-0.15, -0.1) is 0 Å². The number of hydrogen-bond donors (Lipinski definition) is 1. The van der Waals surface area contributed by atoms with E-state index in [0.717, 1.165) is 23.4 Å². The standard InChI is InChI=1S/C17H18ClNO2/c1-2-10-21-16-5-3-4-15(12-16)19-17(20)11-13-6-8-14(18)9-7-13/h3-9,12H,2,10-11H2,1H3,(H,19,20). The van der Waals surface area contributed by atoms with Gasteiger partial charge in [0, 0.05) is 16.8 Å². The molecule has 0 aromatic heterocycles. The van der Waals surface area contributed by atoms with E-state index in [0.29, 0.717) is 18.1 Å². The maximum atomic E-state index is 12.0. The molecule has 2 aromatic carbocycles. The average molecular weight is 304 g/mol. The van der Waals surface area contributed by atoms with Gasteiger partial charge in [-0.2, -0.15) is 0 Å². The Kier molecular flexibility index (Phi) is 5.64. The van der Waals surface area contributed by atoms with Crippen molar-refractivity contribution in [3.05, 3.63) is 59.1 Å². The van der Waals surface area contributed by atoms with Gasteiger partial charge in [0.05, 0.1) is 13.0 Å². The zero-order valence-electron chi connectivity index (χ0n) is 11.9. The van der Waals surface area contributed by atoms with Gasteiger partial charge in [0.25, 0.3) is 0 Å². The highest BCUT2D eigenvalue weighted by molar-refractivity contribution is 6.30. The summed E-state index contributed by atoms with van der Waals surface area (Å²) in [5, 5.41) is 3.54. The first-order chi connectivity index (χ1) is 10.2. The summed E-state index contributed by atoms with van der Waals surface area (Å²) in [6.07, 6.45) is 1.27. The molecule has 3 nitrogen and oxygen atoms in total. The van der Waals surface area contributed by atoms with Crippen LogP contribution in [-0.4, -0.2) is 12.5 Å². The van der Waals surface area contributed by atoms with Crippen LogP contribution in [0.1, 0.15) is 18.9 Å². The highest BCUT2D eigenvalue weighted by atomic mass is 35.5. The Morgan fingerprint density at radius 2 is 1.95 bits per heavy atom. The number of carbonyl (C=O) groups is 1. The highest BCUT2D eigenvalue weighted by Crippen LogP contribution is 2.18. The van der Waals surface area contributed by atoms with Crippen LogP contribution in [0.5, 0.6) is 5.75 Å². The SMILES string of the molecule is CCCOc1cccc(NC(=O)Cc2ccc(Cl)cc2)c1. The van der Waals surface area contributed by atoms with Gasteiger partial charge in [-0.1, -0.05) is 36.7 Å². The van der Waals surface area contributed by atoms with Crippen molar-refractivity contribution < 1.29 is 9.53 Å². The largest absolute Gasteiger partial charge is 0.494 e. The topological polar surface area (TPSA) is 38.3 Å². The van der Waals surface area contributed by atoms with E-state index in [1.807, 2.05) is 36.4 Å². The third-order valence-corrected chi connectivity index (χ3v) is 3.12. The third-order valence-electron chi connectivity index (χ3n) is 2.87. The summed E-state index contributed by atoms with van der Waals surface area (Å²) in [5.41, 5.74) is 1.66. The molecule has 0 saturated heterocycles. The molecule has 2 aromatic rings. The lowest BCUT2D eigenvalue weighted by atomic mass is 10.1. The summed E-state index contributed by atoms with van der Waals surface area (Å²) in [4.78, 5) is 12.0. The van der Waals surface area contributed by atoms with E-state index >= 15 is 0 Å². The summed E-state index contributed by atoms with van der Waals surface area (Å²) in [7, 11) is 0. The third kappa shape index (κ3) is 5.12. The predicted octanol–water partition coefficient (Wildman–Crippen LogP) is 4.31. The molecule has 0 saturated carbocycles. The van der Waals surface area contributed by atoms with Crippen LogP contribution in [0.15, 0.2) is 48.5 Å². The summed E-state index contributed by atoms with van der Waals surface area (Å²) in [6.45, 7) is 2.72. The normalized spacial score (nSPS) is 10.2. The molecule has 0 aliphatic carbocycles. The Hall–Kier alpha value is -2.00. The van der Waals surface area contributed by atoms with Crippen LogP contribution < -0.4 is 10.1 Å². The molecule has 0 fully saturated rings. The molecule has 0 radical (unpaired) electrons. The van der Waals surface area contributed by atoms with E-state index in [1.165, 1.54) is 0 Å². The number of benzene rings is 2. The number of amides is 1. The van der Waals surface area contributed by atoms with Gasteiger partial charge in [-0.3, -0.25) is 4.79 Å². The fraction of sp³-hybridized carbons (Fsp3) is 0.235. The number of halogens is 1. The predicted molar refractivity (Wildman–Crippen MR) is 86.0 cm³/mol. The lowest BCUT2D eigenvalue weighted by Gasteiger charge is -2.08. The molecular formula is C17H18ClNO2. The minimum atomic E-state index is -0.0648. The van der Waals surface area contributed by atoms with Gasteiger partial charge < -0.3 is 10.1 Å². The van der Waals surface area contributed by atoms with Gasteiger partial charge in [-0.25, -0.2) is 0 Å². The van der Waals surface area contributed by atoms with Gasteiger partial charge in [-0.05, 0) is 36.2 Å². The minimum Gasteiger partial charge on any atom is -0.494 e. The summed E-state index contributed by atoms with van der Waals surface area (Å²) >= 11 is 5.82. The molecule has 0 spiro atoms. The fourth-order valence-corrected chi connectivity index (χ4v) is 2.00. The van der Waals surface area contributed by atoms with Crippen LogP contribution in [0.25, 0.3) is 0 Å². The smallest absolute Gasteiger partial charge is 0.228 e. The molecule has 1 N–H and O–H groups in total. The van der Waals surface area contributed by atoms with Crippen LogP contribution in [0.2, 0.25) is 5.02 Å². The van der Waals surface area contributed by atoms with Crippen molar-refractivity contribution in [3.63, 3.8) is 0 Å². The quantitative estimate of drug-likeness (QED) is 0.863. The molecule has 0 aliphatic rings. The van der Waals surface area contributed by atoms with Gasteiger partial charge in [0.15, 0.2) is 0 Å². The highest BCUT2D eigenvalue weighted by Gasteiger charge is 2.05. The number of carbonyl (C=O) groups excluding carboxylic acids is 1. The van der Waals surface area contributed by atoms with Crippen LogP contribution >= 0.6 is 11.6 Å². The zero-order valence-corrected chi connectivity index (χ0v) is 12.7. The van der Waals surface area contributed by atoms with Crippen molar-refractivity contribution in [3.8, 4) is 5.75 Å². The number of ether oxygens (including phenoxy) is 1. The number of rotatable bonds is 6. The Balaban J connectivity index is 1.94. The Bertz CT molecular complexity index is 596. The van der Waals surface area contributed by atoms with Crippen molar-refractivity contribution in [2.24, 2.45) is 0 Å². The number of anilines is 1. The molecule has 0 atom stereocenters. The zero-order chi connectivity index (χ0) is 15.1. The second kappa shape index (κ2) is 7.70. The van der Waals surface area contributed by atoms with E-state index in [1.54, 1.807) is 12.1 Å². The first kappa shape index (κ1) is 15.4. The fourth-order valence-electron chi connectivity index (χ4n) is 1.88. The maximum absolute atomic E-state index is 12.0. The van der Waals surface area contributed by atoms with Crippen molar-refractivity contribution >= 4 is 23.2 Å². The van der Waals surface area contributed by atoms with Crippen LogP contribution in [-0.2, 0) is 11.2 Å². The molecule has 4 heteroatoms.